The number of anilines is 1. The third kappa shape index (κ3) is 6.36. The second kappa shape index (κ2) is 10.5. The van der Waals surface area contributed by atoms with Crippen molar-refractivity contribution in [1.29, 1.82) is 5.26 Å². The molecule has 8 heteroatoms. The number of hydrogen-bond donors (Lipinski definition) is 1. The van der Waals surface area contributed by atoms with Crippen LogP contribution in [-0.2, 0) is 14.3 Å². The molecule has 150 valence electrons. The van der Waals surface area contributed by atoms with E-state index in [2.05, 4.69) is 5.32 Å². The number of nitriles is 1. The van der Waals surface area contributed by atoms with Gasteiger partial charge in [-0.3, -0.25) is 4.79 Å². The highest BCUT2D eigenvalue weighted by atomic mass is 16.5. The van der Waals surface area contributed by atoms with E-state index in [4.69, 9.17) is 19.5 Å². The number of carbonyl (C=O) groups is 3. The molecule has 29 heavy (non-hydrogen) atoms. The van der Waals surface area contributed by atoms with E-state index in [1.165, 1.54) is 24.3 Å². The van der Waals surface area contributed by atoms with Gasteiger partial charge in [-0.1, -0.05) is 6.07 Å². The number of carbonyl (C=O) groups excluding carboxylic acids is 3. The van der Waals surface area contributed by atoms with Crippen molar-refractivity contribution in [2.24, 2.45) is 0 Å². The molecule has 0 aliphatic carbocycles. The predicted octanol–water partition coefficient (Wildman–Crippen LogP) is 2.93. The van der Waals surface area contributed by atoms with E-state index in [-0.39, 0.29) is 36.7 Å². The van der Waals surface area contributed by atoms with E-state index in [0.29, 0.717) is 11.3 Å². The van der Waals surface area contributed by atoms with Crippen molar-refractivity contribution in [3.05, 3.63) is 59.2 Å². The van der Waals surface area contributed by atoms with Gasteiger partial charge in [0.25, 0.3) is 5.91 Å². The lowest BCUT2D eigenvalue weighted by molar-refractivity contribution is -0.118. The zero-order chi connectivity index (χ0) is 21.2. The molecule has 0 heterocycles. The maximum absolute atomic E-state index is 12.1. The molecule has 0 fully saturated rings. The van der Waals surface area contributed by atoms with E-state index < -0.39 is 17.8 Å². The Morgan fingerprint density at radius 1 is 0.966 bits per heavy atom. The van der Waals surface area contributed by atoms with Crippen molar-refractivity contribution in [3.8, 4) is 11.8 Å². The third-order valence-electron chi connectivity index (χ3n) is 3.57. The lowest BCUT2D eigenvalue weighted by Gasteiger charge is -2.11. The molecule has 0 aliphatic rings. The summed E-state index contributed by atoms with van der Waals surface area (Å²) in [4.78, 5) is 36.2. The minimum Gasteiger partial charge on any atom is -0.484 e. The fourth-order valence-corrected chi connectivity index (χ4v) is 2.36. The molecular weight excluding hydrogens is 376 g/mol. The summed E-state index contributed by atoms with van der Waals surface area (Å²) < 4.78 is 15.3. The number of esters is 2. The van der Waals surface area contributed by atoms with Gasteiger partial charge in [0.15, 0.2) is 6.61 Å². The number of rotatable bonds is 8. The van der Waals surface area contributed by atoms with Crippen molar-refractivity contribution in [2.75, 3.05) is 25.1 Å². The number of amides is 1. The molecule has 0 atom stereocenters. The number of ether oxygens (including phenoxy) is 3. The van der Waals surface area contributed by atoms with Gasteiger partial charge in [-0.15, -0.1) is 0 Å². The molecule has 0 spiro atoms. The van der Waals surface area contributed by atoms with Crippen LogP contribution in [0, 0.1) is 11.3 Å². The summed E-state index contributed by atoms with van der Waals surface area (Å²) >= 11 is 0. The van der Waals surface area contributed by atoms with Gasteiger partial charge in [-0.2, -0.15) is 5.26 Å². The average Bonchev–Trinajstić information content (AvgIpc) is 2.72. The molecule has 0 saturated heterocycles. The van der Waals surface area contributed by atoms with Crippen LogP contribution in [-0.4, -0.2) is 37.7 Å². The fourth-order valence-electron chi connectivity index (χ4n) is 2.36. The van der Waals surface area contributed by atoms with Gasteiger partial charge in [-0.25, -0.2) is 9.59 Å². The summed E-state index contributed by atoms with van der Waals surface area (Å²) in [6, 6.07) is 12.5. The van der Waals surface area contributed by atoms with Crippen LogP contribution < -0.4 is 10.1 Å². The first-order valence-corrected chi connectivity index (χ1v) is 8.89. The molecule has 1 N–H and O–H groups in total. The van der Waals surface area contributed by atoms with Crippen LogP contribution in [0.5, 0.6) is 5.75 Å². The van der Waals surface area contributed by atoms with Crippen LogP contribution in [0.25, 0.3) is 0 Å². The van der Waals surface area contributed by atoms with Gasteiger partial charge < -0.3 is 19.5 Å². The summed E-state index contributed by atoms with van der Waals surface area (Å²) in [5, 5.41) is 11.5. The highest BCUT2D eigenvalue weighted by Gasteiger charge is 2.16. The standard InChI is InChI=1S/C21H20N2O6/c1-3-27-20(25)15-9-16(21(26)28-4-2)11-18(10-15)29-13-19(24)23-17-7-5-6-14(8-17)12-22/h5-11H,3-4,13H2,1-2H3,(H,23,24). The Hall–Kier alpha value is -3.86. The highest BCUT2D eigenvalue weighted by molar-refractivity contribution is 5.96. The first-order chi connectivity index (χ1) is 14.0. The molecule has 0 aromatic heterocycles. The fraction of sp³-hybridized carbons (Fsp3) is 0.238. The summed E-state index contributed by atoms with van der Waals surface area (Å²) in [5.41, 5.74) is 1.07. The van der Waals surface area contributed by atoms with Crippen LogP contribution in [0.2, 0.25) is 0 Å². The maximum atomic E-state index is 12.1. The SMILES string of the molecule is CCOC(=O)c1cc(OCC(=O)Nc2cccc(C#N)c2)cc(C(=O)OCC)c1. The highest BCUT2D eigenvalue weighted by Crippen LogP contribution is 2.20. The van der Waals surface area contributed by atoms with Gasteiger partial charge in [0.05, 0.1) is 36.0 Å². The molecule has 1 amide bonds. The lowest BCUT2D eigenvalue weighted by Crippen LogP contribution is -2.20. The molecule has 2 aromatic carbocycles. The second-order valence-electron chi connectivity index (χ2n) is 5.72. The smallest absolute Gasteiger partial charge is 0.338 e. The third-order valence-corrected chi connectivity index (χ3v) is 3.57. The topological polar surface area (TPSA) is 115 Å². The molecular formula is C21H20N2O6. The van der Waals surface area contributed by atoms with E-state index in [9.17, 15) is 14.4 Å². The van der Waals surface area contributed by atoms with Crippen molar-refractivity contribution in [3.63, 3.8) is 0 Å². The summed E-state index contributed by atoms with van der Waals surface area (Å²) in [6.45, 7) is 3.29. The van der Waals surface area contributed by atoms with Crippen LogP contribution in [0.3, 0.4) is 0 Å². The number of benzene rings is 2. The van der Waals surface area contributed by atoms with Crippen LogP contribution in [0.15, 0.2) is 42.5 Å². The zero-order valence-corrected chi connectivity index (χ0v) is 16.1. The van der Waals surface area contributed by atoms with E-state index >= 15 is 0 Å². The van der Waals surface area contributed by atoms with Crippen molar-refractivity contribution >= 4 is 23.5 Å². The quantitative estimate of drug-likeness (QED) is 0.682. The number of nitrogens with one attached hydrogen (secondary N) is 1. The normalized spacial score (nSPS) is 9.83. The molecule has 0 unspecified atom stereocenters. The summed E-state index contributed by atoms with van der Waals surface area (Å²) in [5.74, 6) is -1.58. The lowest BCUT2D eigenvalue weighted by atomic mass is 10.1. The van der Waals surface area contributed by atoms with Gasteiger partial charge in [0, 0.05) is 5.69 Å². The zero-order valence-electron chi connectivity index (χ0n) is 16.1. The van der Waals surface area contributed by atoms with Gasteiger partial charge >= 0.3 is 11.9 Å². The average molecular weight is 396 g/mol. The van der Waals surface area contributed by atoms with Crippen LogP contribution in [0.1, 0.15) is 40.1 Å². The van der Waals surface area contributed by atoms with Crippen molar-refractivity contribution in [2.45, 2.75) is 13.8 Å². The Morgan fingerprint density at radius 3 is 2.14 bits per heavy atom. The van der Waals surface area contributed by atoms with Crippen molar-refractivity contribution in [1.82, 2.24) is 0 Å². The summed E-state index contributed by atoms with van der Waals surface area (Å²) in [7, 11) is 0. The summed E-state index contributed by atoms with van der Waals surface area (Å²) in [6.07, 6.45) is 0. The van der Waals surface area contributed by atoms with E-state index in [1.54, 1.807) is 32.0 Å². The number of hydrogen-bond acceptors (Lipinski definition) is 7. The largest absolute Gasteiger partial charge is 0.484 e. The Morgan fingerprint density at radius 2 is 1.59 bits per heavy atom. The minimum absolute atomic E-state index is 0.106. The number of nitrogens with zero attached hydrogens (tertiary/aromatic N) is 1. The van der Waals surface area contributed by atoms with Gasteiger partial charge in [0.2, 0.25) is 0 Å². The Bertz CT molecular complexity index is 912. The molecule has 0 radical (unpaired) electrons. The molecule has 2 aromatic rings. The van der Waals surface area contributed by atoms with E-state index in [0.717, 1.165) is 0 Å². The molecule has 0 saturated carbocycles. The first kappa shape index (κ1) is 21.4. The van der Waals surface area contributed by atoms with Crippen molar-refractivity contribution < 1.29 is 28.6 Å². The Labute approximate surface area is 168 Å². The minimum atomic E-state index is -0.624. The molecule has 8 nitrogen and oxygen atoms in total. The monoisotopic (exact) mass is 396 g/mol. The van der Waals surface area contributed by atoms with Crippen LogP contribution >= 0.6 is 0 Å². The molecule has 0 bridgehead atoms. The molecule has 2 rings (SSSR count). The van der Waals surface area contributed by atoms with Gasteiger partial charge in [0.1, 0.15) is 5.75 Å². The first-order valence-electron chi connectivity index (χ1n) is 8.89. The van der Waals surface area contributed by atoms with E-state index in [1.807, 2.05) is 6.07 Å². The molecule has 0 aliphatic heterocycles. The van der Waals surface area contributed by atoms with Crippen LogP contribution in [0.4, 0.5) is 5.69 Å². The second-order valence-corrected chi connectivity index (χ2v) is 5.72. The Balaban J connectivity index is 2.13. The Kier molecular flexibility index (Phi) is 7.74. The maximum Gasteiger partial charge on any atom is 0.338 e. The van der Waals surface area contributed by atoms with Gasteiger partial charge in [-0.05, 0) is 50.2 Å². The predicted molar refractivity (Wildman–Crippen MR) is 104 cm³/mol.